The van der Waals surface area contributed by atoms with Gasteiger partial charge in [-0.05, 0) is 45.4 Å². The highest BCUT2D eigenvalue weighted by atomic mass is 15.2. The molecule has 0 aromatic rings. The van der Waals surface area contributed by atoms with Crippen molar-refractivity contribution < 1.29 is 0 Å². The van der Waals surface area contributed by atoms with E-state index >= 15 is 0 Å². The summed E-state index contributed by atoms with van der Waals surface area (Å²) >= 11 is 0. The molecule has 3 N–H and O–H groups in total. The van der Waals surface area contributed by atoms with E-state index in [1.165, 1.54) is 12.8 Å². The SMILES string of the molecule is CCC(C)(CC)CC(C)(C)NC(N)=NC(C)(CC)CC. The van der Waals surface area contributed by atoms with Gasteiger partial charge in [-0.2, -0.15) is 0 Å². The van der Waals surface area contributed by atoms with Crippen molar-refractivity contribution in [3.63, 3.8) is 0 Å². The minimum atomic E-state index is -0.0496. The molecule has 0 amide bonds. The van der Waals surface area contributed by atoms with Crippen molar-refractivity contribution in [3.05, 3.63) is 0 Å². The molecular formula is C17H37N3. The van der Waals surface area contributed by atoms with E-state index in [2.05, 4.69) is 60.7 Å². The minimum absolute atomic E-state index is 0.0310. The maximum atomic E-state index is 6.14. The van der Waals surface area contributed by atoms with Crippen molar-refractivity contribution in [3.8, 4) is 0 Å². The molecule has 0 aliphatic carbocycles. The molecular weight excluding hydrogens is 246 g/mol. The molecule has 0 aromatic carbocycles. The molecule has 0 unspecified atom stereocenters. The zero-order valence-electron chi connectivity index (χ0n) is 15.1. The molecule has 0 heterocycles. The highest BCUT2D eigenvalue weighted by Crippen LogP contribution is 2.34. The summed E-state index contributed by atoms with van der Waals surface area (Å²) in [6.07, 6.45) is 5.49. The lowest BCUT2D eigenvalue weighted by Gasteiger charge is -2.37. The van der Waals surface area contributed by atoms with Crippen LogP contribution in [0.1, 0.15) is 87.5 Å². The second-order valence-electron chi connectivity index (χ2n) is 7.40. The molecule has 0 spiro atoms. The van der Waals surface area contributed by atoms with Crippen LogP contribution in [0.5, 0.6) is 0 Å². The van der Waals surface area contributed by atoms with Gasteiger partial charge in [0.15, 0.2) is 5.96 Å². The Morgan fingerprint density at radius 1 is 0.900 bits per heavy atom. The van der Waals surface area contributed by atoms with E-state index in [4.69, 9.17) is 10.7 Å². The fourth-order valence-electron chi connectivity index (χ4n) is 2.68. The topological polar surface area (TPSA) is 50.4 Å². The van der Waals surface area contributed by atoms with E-state index in [0.29, 0.717) is 11.4 Å². The third-order valence-electron chi connectivity index (χ3n) is 4.96. The van der Waals surface area contributed by atoms with E-state index in [1.807, 2.05) is 0 Å². The minimum Gasteiger partial charge on any atom is -0.370 e. The summed E-state index contributed by atoms with van der Waals surface area (Å²) in [7, 11) is 0. The molecule has 3 nitrogen and oxygen atoms in total. The van der Waals surface area contributed by atoms with Gasteiger partial charge in [0.25, 0.3) is 0 Å². The average molecular weight is 284 g/mol. The van der Waals surface area contributed by atoms with Crippen LogP contribution in [0, 0.1) is 5.41 Å². The predicted molar refractivity (Wildman–Crippen MR) is 91.1 cm³/mol. The van der Waals surface area contributed by atoms with Crippen LogP contribution in [0.15, 0.2) is 4.99 Å². The highest BCUT2D eigenvalue weighted by molar-refractivity contribution is 5.79. The first-order chi connectivity index (χ1) is 9.05. The fraction of sp³-hybridized carbons (Fsp3) is 0.941. The van der Waals surface area contributed by atoms with Gasteiger partial charge >= 0.3 is 0 Å². The van der Waals surface area contributed by atoms with Crippen LogP contribution in [0.2, 0.25) is 0 Å². The predicted octanol–water partition coefficient (Wildman–Crippen LogP) is 4.46. The summed E-state index contributed by atoms with van der Waals surface area (Å²) in [5, 5.41) is 3.43. The second-order valence-corrected chi connectivity index (χ2v) is 7.40. The number of nitrogens with two attached hydrogens (primary N) is 1. The summed E-state index contributed by atoms with van der Waals surface area (Å²) < 4.78 is 0. The molecule has 0 aromatic heterocycles. The van der Waals surface area contributed by atoms with Crippen molar-refractivity contribution in [2.75, 3.05) is 0 Å². The van der Waals surface area contributed by atoms with Gasteiger partial charge in [-0.3, -0.25) is 0 Å². The number of nitrogens with zero attached hydrogens (tertiary/aromatic N) is 1. The normalized spacial score (nSPS) is 14.5. The first-order valence-corrected chi connectivity index (χ1v) is 8.19. The Hall–Kier alpha value is -0.730. The van der Waals surface area contributed by atoms with Gasteiger partial charge in [0.05, 0.1) is 5.54 Å². The number of rotatable bonds is 8. The van der Waals surface area contributed by atoms with E-state index in [9.17, 15) is 0 Å². The summed E-state index contributed by atoms with van der Waals surface area (Å²) in [5.74, 6) is 0.579. The van der Waals surface area contributed by atoms with Crippen LogP contribution < -0.4 is 11.1 Å². The molecule has 0 saturated heterocycles. The summed E-state index contributed by atoms with van der Waals surface area (Å²) in [5.41, 5.74) is 6.41. The molecule has 120 valence electrons. The van der Waals surface area contributed by atoms with Crippen LogP contribution in [-0.2, 0) is 0 Å². The molecule has 3 heteroatoms. The van der Waals surface area contributed by atoms with Crippen LogP contribution >= 0.6 is 0 Å². The van der Waals surface area contributed by atoms with Crippen molar-refractivity contribution in [1.82, 2.24) is 5.32 Å². The third-order valence-corrected chi connectivity index (χ3v) is 4.96. The lowest BCUT2D eigenvalue weighted by Crippen LogP contribution is -2.50. The van der Waals surface area contributed by atoms with E-state index < -0.39 is 0 Å². The zero-order valence-corrected chi connectivity index (χ0v) is 15.1. The number of aliphatic imine (C=N–C) groups is 1. The highest BCUT2D eigenvalue weighted by Gasteiger charge is 2.30. The standard InChI is InChI=1S/C17H37N3/c1-9-16(7,10-2)13-15(5,6)19-14(18)20-17(8,11-3)12-4/h9-13H2,1-8H3,(H3,18,19,20). The molecule has 20 heavy (non-hydrogen) atoms. The van der Waals surface area contributed by atoms with Gasteiger partial charge in [0.2, 0.25) is 0 Å². The van der Waals surface area contributed by atoms with Crippen molar-refractivity contribution in [2.24, 2.45) is 16.1 Å². The lowest BCUT2D eigenvalue weighted by atomic mass is 9.75. The number of hydrogen-bond donors (Lipinski definition) is 2. The molecule has 0 atom stereocenters. The quantitative estimate of drug-likeness (QED) is 0.510. The Bertz CT molecular complexity index is 310. The molecule has 0 rings (SSSR count). The Morgan fingerprint density at radius 3 is 1.70 bits per heavy atom. The van der Waals surface area contributed by atoms with Gasteiger partial charge in [-0.1, -0.05) is 47.5 Å². The van der Waals surface area contributed by atoms with E-state index in [0.717, 1.165) is 19.3 Å². The number of nitrogens with one attached hydrogen (secondary N) is 1. The lowest BCUT2D eigenvalue weighted by molar-refractivity contribution is 0.202. The molecule has 0 aliphatic heterocycles. The maximum absolute atomic E-state index is 6.14. The largest absolute Gasteiger partial charge is 0.370 e. The van der Waals surface area contributed by atoms with Gasteiger partial charge in [0.1, 0.15) is 0 Å². The summed E-state index contributed by atoms with van der Waals surface area (Å²) in [6.45, 7) is 17.8. The Morgan fingerprint density at radius 2 is 1.35 bits per heavy atom. The number of guanidine groups is 1. The summed E-state index contributed by atoms with van der Waals surface area (Å²) in [4.78, 5) is 4.70. The van der Waals surface area contributed by atoms with Gasteiger partial charge in [-0.25, -0.2) is 4.99 Å². The molecule has 0 radical (unpaired) electrons. The van der Waals surface area contributed by atoms with Gasteiger partial charge in [0, 0.05) is 5.54 Å². The monoisotopic (exact) mass is 283 g/mol. The maximum Gasteiger partial charge on any atom is 0.189 e. The van der Waals surface area contributed by atoms with Crippen LogP contribution in [-0.4, -0.2) is 17.0 Å². The number of hydrogen-bond acceptors (Lipinski definition) is 1. The third kappa shape index (κ3) is 6.15. The smallest absolute Gasteiger partial charge is 0.189 e. The first kappa shape index (κ1) is 19.3. The fourth-order valence-corrected chi connectivity index (χ4v) is 2.68. The second kappa shape index (κ2) is 7.33. The van der Waals surface area contributed by atoms with Gasteiger partial charge < -0.3 is 11.1 Å². The molecule has 0 saturated carbocycles. The average Bonchev–Trinajstić information content (AvgIpc) is 2.36. The Balaban J connectivity index is 4.88. The van der Waals surface area contributed by atoms with Gasteiger partial charge in [-0.15, -0.1) is 0 Å². The molecule has 0 bridgehead atoms. The molecule has 0 aliphatic rings. The Labute approximate surface area is 126 Å². The summed E-state index contributed by atoms with van der Waals surface area (Å²) in [6, 6.07) is 0. The van der Waals surface area contributed by atoms with Crippen molar-refractivity contribution in [2.45, 2.75) is 98.6 Å². The van der Waals surface area contributed by atoms with Crippen LogP contribution in [0.4, 0.5) is 0 Å². The zero-order chi connectivity index (χ0) is 16.0. The first-order valence-electron chi connectivity index (χ1n) is 8.19. The molecule has 0 fully saturated rings. The van der Waals surface area contributed by atoms with E-state index in [1.54, 1.807) is 0 Å². The Kier molecular flexibility index (Phi) is 7.06. The van der Waals surface area contributed by atoms with Crippen molar-refractivity contribution in [1.29, 1.82) is 0 Å². The van der Waals surface area contributed by atoms with E-state index in [-0.39, 0.29) is 11.1 Å². The van der Waals surface area contributed by atoms with Crippen molar-refractivity contribution >= 4 is 5.96 Å². The van der Waals surface area contributed by atoms with Crippen LogP contribution in [0.3, 0.4) is 0 Å². The van der Waals surface area contributed by atoms with Crippen LogP contribution in [0.25, 0.3) is 0 Å².